The largest absolute Gasteiger partial charge is 0.346 e. The third kappa shape index (κ3) is 4.38. The molecule has 0 bridgehead atoms. The van der Waals surface area contributed by atoms with Gasteiger partial charge >= 0.3 is 0 Å². The second kappa shape index (κ2) is 7.83. The number of benzene rings is 2. The Morgan fingerprint density at radius 3 is 2.88 bits per heavy atom. The van der Waals surface area contributed by atoms with E-state index in [0.29, 0.717) is 18.4 Å². The number of halogens is 2. The van der Waals surface area contributed by atoms with Crippen molar-refractivity contribution in [2.24, 2.45) is 0 Å². The number of carbonyl (C=O) groups excluding carboxylic acids is 2. The van der Waals surface area contributed by atoms with Crippen molar-refractivity contribution in [2.45, 2.75) is 25.8 Å². The molecular weight excluding hydrogens is 399 g/mol. The van der Waals surface area contributed by atoms with Gasteiger partial charge in [-0.05, 0) is 54.8 Å². The molecule has 0 fully saturated rings. The Bertz CT molecular complexity index is 895. The number of hydrogen-bond acceptors (Lipinski definition) is 2. The molecule has 0 aliphatic carbocycles. The topological polar surface area (TPSA) is 58.2 Å². The fourth-order valence-corrected chi connectivity index (χ4v) is 3.20. The molecule has 4 nitrogen and oxygen atoms in total. The zero-order chi connectivity index (χ0) is 18.7. The highest BCUT2D eigenvalue weighted by atomic mass is 79.9. The molecule has 0 aromatic heterocycles. The van der Waals surface area contributed by atoms with Crippen molar-refractivity contribution in [1.82, 2.24) is 5.32 Å². The molecule has 2 aromatic rings. The fourth-order valence-electron chi connectivity index (χ4n) is 2.83. The summed E-state index contributed by atoms with van der Waals surface area (Å²) in [6.45, 7) is 1.88. The Hall–Kier alpha value is -2.47. The van der Waals surface area contributed by atoms with Gasteiger partial charge in [0.25, 0.3) is 0 Å². The van der Waals surface area contributed by atoms with Crippen molar-refractivity contribution in [3.63, 3.8) is 0 Å². The van der Waals surface area contributed by atoms with Crippen LogP contribution in [0.1, 0.15) is 36.1 Å². The van der Waals surface area contributed by atoms with E-state index in [0.717, 1.165) is 21.3 Å². The molecule has 0 radical (unpaired) electrons. The van der Waals surface area contributed by atoms with E-state index in [2.05, 4.69) is 26.6 Å². The van der Waals surface area contributed by atoms with E-state index in [1.165, 1.54) is 18.2 Å². The van der Waals surface area contributed by atoms with Crippen LogP contribution in [0.2, 0.25) is 0 Å². The summed E-state index contributed by atoms with van der Waals surface area (Å²) >= 11 is 3.28. The Morgan fingerprint density at radius 2 is 2.08 bits per heavy atom. The molecule has 2 N–H and O–H groups in total. The predicted molar refractivity (Wildman–Crippen MR) is 103 cm³/mol. The minimum absolute atomic E-state index is 0.0246. The number of anilines is 1. The first-order valence-electron chi connectivity index (χ1n) is 8.28. The Labute approximate surface area is 159 Å². The number of aryl methyl sites for hydroxylation is 1. The second-order valence-corrected chi connectivity index (χ2v) is 7.11. The molecule has 1 heterocycles. The van der Waals surface area contributed by atoms with Crippen LogP contribution in [-0.4, -0.2) is 11.8 Å². The zero-order valence-electron chi connectivity index (χ0n) is 14.2. The maximum absolute atomic E-state index is 13.7. The van der Waals surface area contributed by atoms with Crippen LogP contribution in [0.25, 0.3) is 6.08 Å². The molecule has 1 aliphatic heterocycles. The Kier molecular flexibility index (Phi) is 5.52. The average molecular weight is 417 g/mol. The van der Waals surface area contributed by atoms with E-state index in [4.69, 9.17) is 0 Å². The lowest BCUT2D eigenvalue weighted by Gasteiger charge is -2.20. The summed E-state index contributed by atoms with van der Waals surface area (Å²) in [5.41, 5.74) is 3.19. The SMILES string of the molecule is CC(NC(=O)C=Cc1cc(Br)ccc1F)c1ccc2c(c1)CCC(=O)N2. The van der Waals surface area contributed by atoms with Crippen LogP contribution >= 0.6 is 15.9 Å². The van der Waals surface area contributed by atoms with Crippen molar-refractivity contribution in [2.75, 3.05) is 5.32 Å². The Morgan fingerprint density at radius 1 is 1.27 bits per heavy atom. The van der Waals surface area contributed by atoms with Gasteiger partial charge < -0.3 is 10.6 Å². The van der Waals surface area contributed by atoms with Crippen LogP contribution in [0.4, 0.5) is 10.1 Å². The van der Waals surface area contributed by atoms with E-state index in [-0.39, 0.29) is 23.7 Å². The molecule has 6 heteroatoms. The number of amides is 2. The first-order valence-corrected chi connectivity index (χ1v) is 9.08. The van der Waals surface area contributed by atoms with Gasteiger partial charge in [0.1, 0.15) is 5.82 Å². The van der Waals surface area contributed by atoms with Crippen LogP contribution in [0, 0.1) is 5.82 Å². The molecule has 0 spiro atoms. The van der Waals surface area contributed by atoms with Gasteiger partial charge in [-0.25, -0.2) is 4.39 Å². The van der Waals surface area contributed by atoms with Gasteiger partial charge in [-0.15, -0.1) is 0 Å². The summed E-state index contributed by atoms with van der Waals surface area (Å²) in [6.07, 6.45) is 3.93. The van der Waals surface area contributed by atoms with Gasteiger partial charge in [0, 0.05) is 28.2 Å². The maximum Gasteiger partial charge on any atom is 0.244 e. The molecular formula is C20H18BrFN2O2. The van der Waals surface area contributed by atoms with Gasteiger partial charge in [0.2, 0.25) is 11.8 Å². The quantitative estimate of drug-likeness (QED) is 0.727. The molecule has 1 atom stereocenters. The molecule has 2 amide bonds. The van der Waals surface area contributed by atoms with Crippen LogP contribution in [-0.2, 0) is 16.0 Å². The first kappa shape index (κ1) is 18.3. The second-order valence-electron chi connectivity index (χ2n) is 6.19. The highest BCUT2D eigenvalue weighted by molar-refractivity contribution is 9.10. The first-order chi connectivity index (χ1) is 12.4. The highest BCUT2D eigenvalue weighted by Crippen LogP contribution is 2.26. The lowest BCUT2D eigenvalue weighted by Crippen LogP contribution is -2.25. The summed E-state index contributed by atoms with van der Waals surface area (Å²) in [5.74, 6) is -0.665. The maximum atomic E-state index is 13.7. The number of fused-ring (bicyclic) bond motifs is 1. The fraction of sp³-hybridized carbons (Fsp3) is 0.200. The van der Waals surface area contributed by atoms with E-state index in [9.17, 15) is 14.0 Å². The monoisotopic (exact) mass is 416 g/mol. The van der Waals surface area contributed by atoms with Crippen molar-refractivity contribution >= 4 is 39.5 Å². The van der Waals surface area contributed by atoms with Crippen molar-refractivity contribution in [1.29, 1.82) is 0 Å². The zero-order valence-corrected chi connectivity index (χ0v) is 15.8. The minimum Gasteiger partial charge on any atom is -0.346 e. The van der Waals surface area contributed by atoms with E-state index >= 15 is 0 Å². The van der Waals surface area contributed by atoms with Crippen molar-refractivity contribution in [3.8, 4) is 0 Å². The van der Waals surface area contributed by atoms with Crippen LogP contribution in [0.5, 0.6) is 0 Å². The van der Waals surface area contributed by atoms with Gasteiger partial charge in [-0.2, -0.15) is 0 Å². The summed E-state index contributed by atoms with van der Waals surface area (Å²) in [5, 5.41) is 5.71. The smallest absolute Gasteiger partial charge is 0.244 e. The average Bonchev–Trinajstić information content (AvgIpc) is 2.62. The van der Waals surface area contributed by atoms with E-state index in [1.54, 1.807) is 12.1 Å². The number of rotatable bonds is 4. The lowest BCUT2D eigenvalue weighted by atomic mass is 9.98. The molecule has 3 rings (SSSR count). The third-order valence-electron chi connectivity index (χ3n) is 4.26. The summed E-state index contributed by atoms with van der Waals surface area (Å²) < 4.78 is 14.4. The summed E-state index contributed by atoms with van der Waals surface area (Å²) in [7, 11) is 0. The van der Waals surface area contributed by atoms with Gasteiger partial charge in [-0.3, -0.25) is 9.59 Å². The molecule has 2 aromatic carbocycles. The third-order valence-corrected chi connectivity index (χ3v) is 4.75. The van der Waals surface area contributed by atoms with E-state index in [1.807, 2.05) is 25.1 Å². The predicted octanol–water partition coefficient (Wildman–Crippen LogP) is 4.36. The van der Waals surface area contributed by atoms with Gasteiger partial charge in [-0.1, -0.05) is 28.1 Å². The van der Waals surface area contributed by atoms with Gasteiger partial charge in [0.05, 0.1) is 6.04 Å². The number of carbonyl (C=O) groups is 2. The van der Waals surface area contributed by atoms with Crippen molar-refractivity contribution in [3.05, 3.63) is 69.5 Å². The van der Waals surface area contributed by atoms with Gasteiger partial charge in [0.15, 0.2) is 0 Å². The normalized spacial score (nSPS) is 14.7. The van der Waals surface area contributed by atoms with E-state index < -0.39 is 0 Å². The number of hydrogen-bond donors (Lipinski definition) is 2. The summed E-state index contributed by atoms with van der Waals surface area (Å²) in [6, 6.07) is 10.1. The Balaban J connectivity index is 1.67. The minimum atomic E-state index is -0.387. The van der Waals surface area contributed by atoms with Crippen LogP contribution in [0.3, 0.4) is 0 Å². The van der Waals surface area contributed by atoms with Crippen molar-refractivity contribution < 1.29 is 14.0 Å². The van der Waals surface area contributed by atoms with Crippen LogP contribution in [0.15, 0.2) is 46.9 Å². The molecule has 0 saturated heterocycles. The molecule has 0 saturated carbocycles. The lowest BCUT2D eigenvalue weighted by molar-refractivity contribution is -0.117. The molecule has 26 heavy (non-hydrogen) atoms. The number of nitrogens with one attached hydrogen (secondary N) is 2. The molecule has 1 aliphatic rings. The summed E-state index contributed by atoms with van der Waals surface area (Å²) in [4.78, 5) is 23.6. The van der Waals surface area contributed by atoms with Crippen LogP contribution < -0.4 is 10.6 Å². The molecule has 134 valence electrons. The standard InChI is InChI=1S/C20H18BrFN2O2/c1-12(13-2-7-18-15(10-13)4-9-20(26)24-18)23-19(25)8-3-14-11-16(21)5-6-17(14)22/h2-3,5-8,10-12H,4,9H2,1H3,(H,23,25)(H,24,26). The molecule has 1 unspecified atom stereocenters. The highest BCUT2D eigenvalue weighted by Gasteiger charge is 2.16.